The molecule has 8 nitrogen and oxygen atoms in total. The fraction of sp³-hybridized carbons (Fsp3) is 0.529. The van der Waals surface area contributed by atoms with Gasteiger partial charge in [0.1, 0.15) is 5.69 Å². The summed E-state index contributed by atoms with van der Waals surface area (Å²) in [4.78, 5) is 20.7. The molecule has 0 spiro atoms. The maximum atomic E-state index is 12.8. The van der Waals surface area contributed by atoms with Gasteiger partial charge in [0.2, 0.25) is 11.8 Å². The number of hydrogen-bond donors (Lipinski definition) is 0. The van der Waals surface area contributed by atoms with Gasteiger partial charge in [-0.25, -0.2) is 0 Å². The van der Waals surface area contributed by atoms with Crippen molar-refractivity contribution in [1.29, 1.82) is 0 Å². The Morgan fingerprint density at radius 1 is 1.36 bits per heavy atom. The van der Waals surface area contributed by atoms with Gasteiger partial charge in [-0.15, -0.1) is 10.2 Å². The van der Waals surface area contributed by atoms with Crippen molar-refractivity contribution in [3.05, 3.63) is 35.8 Å². The van der Waals surface area contributed by atoms with Crippen molar-refractivity contribution in [2.45, 2.75) is 25.9 Å². The van der Waals surface area contributed by atoms with Crippen molar-refractivity contribution in [2.75, 3.05) is 38.7 Å². The lowest BCUT2D eigenvalue weighted by atomic mass is 10.2. The number of ether oxygens (including phenoxy) is 1. The van der Waals surface area contributed by atoms with E-state index in [0.717, 1.165) is 5.69 Å². The van der Waals surface area contributed by atoms with E-state index in [-0.39, 0.29) is 11.8 Å². The molecule has 8 heteroatoms. The summed E-state index contributed by atoms with van der Waals surface area (Å²) in [5.74, 6) is 1.01. The smallest absolute Gasteiger partial charge is 0.272 e. The number of morpholine rings is 1. The quantitative estimate of drug-likeness (QED) is 0.836. The average Bonchev–Trinajstić information content (AvgIpc) is 3.12. The van der Waals surface area contributed by atoms with Gasteiger partial charge in [-0.2, -0.15) is 0 Å². The molecule has 3 rings (SSSR count). The minimum Gasteiger partial charge on any atom is -0.422 e. The Bertz CT molecular complexity index is 743. The molecule has 1 atom stereocenters. The third kappa shape index (κ3) is 3.79. The van der Waals surface area contributed by atoms with Crippen LogP contribution in [0.15, 0.2) is 22.7 Å². The summed E-state index contributed by atoms with van der Waals surface area (Å²) in [6.45, 7) is 5.26. The minimum atomic E-state index is -0.408. The summed E-state index contributed by atoms with van der Waals surface area (Å²) < 4.78 is 11.4. The molecule has 25 heavy (non-hydrogen) atoms. The lowest BCUT2D eigenvalue weighted by molar-refractivity contribution is -0.0352. The van der Waals surface area contributed by atoms with Crippen LogP contribution in [0.3, 0.4) is 0 Å². The highest BCUT2D eigenvalue weighted by Gasteiger charge is 2.30. The summed E-state index contributed by atoms with van der Waals surface area (Å²) >= 11 is 0. The van der Waals surface area contributed by atoms with E-state index in [1.54, 1.807) is 17.2 Å². The normalized spacial score (nSPS) is 17.8. The van der Waals surface area contributed by atoms with E-state index in [0.29, 0.717) is 37.2 Å². The molecule has 2 aromatic heterocycles. The van der Waals surface area contributed by atoms with Crippen LogP contribution < -0.4 is 4.90 Å². The van der Waals surface area contributed by atoms with Crippen LogP contribution in [0.4, 0.5) is 5.69 Å². The molecule has 0 N–H and O–H groups in total. The molecule has 0 aromatic carbocycles. The maximum absolute atomic E-state index is 12.8. The number of rotatable bonds is 4. The van der Waals surface area contributed by atoms with Crippen molar-refractivity contribution in [2.24, 2.45) is 0 Å². The topological polar surface area (TPSA) is 84.6 Å². The van der Waals surface area contributed by atoms with Gasteiger partial charge in [-0.3, -0.25) is 9.78 Å². The first-order valence-corrected chi connectivity index (χ1v) is 8.33. The number of pyridine rings is 1. The third-order valence-electron chi connectivity index (χ3n) is 4.06. The monoisotopic (exact) mass is 345 g/mol. The summed E-state index contributed by atoms with van der Waals surface area (Å²) in [6.07, 6.45) is 1.24. The molecule has 0 radical (unpaired) electrons. The molecule has 1 fully saturated rings. The Morgan fingerprint density at radius 2 is 2.16 bits per heavy atom. The van der Waals surface area contributed by atoms with Gasteiger partial charge in [-0.1, -0.05) is 13.8 Å². The fourth-order valence-corrected chi connectivity index (χ4v) is 2.57. The van der Waals surface area contributed by atoms with Crippen molar-refractivity contribution >= 4 is 11.6 Å². The van der Waals surface area contributed by atoms with E-state index in [1.165, 1.54) is 0 Å². The van der Waals surface area contributed by atoms with Gasteiger partial charge in [0.15, 0.2) is 6.10 Å². The van der Waals surface area contributed by atoms with Crippen LogP contribution in [0.1, 0.15) is 48.1 Å². The van der Waals surface area contributed by atoms with Crippen molar-refractivity contribution < 1.29 is 13.9 Å². The van der Waals surface area contributed by atoms with E-state index in [4.69, 9.17) is 9.15 Å². The van der Waals surface area contributed by atoms with Crippen molar-refractivity contribution in [3.8, 4) is 0 Å². The second-order valence-corrected chi connectivity index (χ2v) is 6.54. The molecule has 0 unspecified atom stereocenters. The van der Waals surface area contributed by atoms with Crippen LogP contribution in [0.5, 0.6) is 0 Å². The van der Waals surface area contributed by atoms with Crippen LogP contribution in [0, 0.1) is 0 Å². The van der Waals surface area contributed by atoms with Gasteiger partial charge in [0.05, 0.1) is 13.2 Å². The second-order valence-electron chi connectivity index (χ2n) is 6.54. The first kappa shape index (κ1) is 17.3. The lowest BCUT2D eigenvalue weighted by Crippen LogP contribution is -2.42. The van der Waals surface area contributed by atoms with Gasteiger partial charge >= 0.3 is 0 Å². The maximum Gasteiger partial charge on any atom is 0.272 e. The Hall–Kier alpha value is -2.48. The molecule has 0 bridgehead atoms. The number of carbonyl (C=O) groups excluding carboxylic acids is 1. The Kier molecular flexibility index (Phi) is 4.98. The fourth-order valence-electron chi connectivity index (χ4n) is 2.57. The zero-order valence-electron chi connectivity index (χ0n) is 15.0. The van der Waals surface area contributed by atoms with E-state index in [2.05, 4.69) is 15.2 Å². The van der Waals surface area contributed by atoms with E-state index >= 15 is 0 Å². The van der Waals surface area contributed by atoms with Crippen LogP contribution >= 0.6 is 0 Å². The summed E-state index contributed by atoms with van der Waals surface area (Å²) in [7, 11) is 3.85. The molecule has 0 aliphatic carbocycles. The number of amides is 1. The highest BCUT2D eigenvalue weighted by atomic mass is 16.5. The highest BCUT2D eigenvalue weighted by Crippen LogP contribution is 2.24. The lowest BCUT2D eigenvalue weighted by Gasteiger charge is -2.31. The predicted molar refractivity (Wildman–Crippen MR) is 91.5 cm³/mol. The van der Waals surface area contributed by atoms with Crippen molar-refractivity contribution in [1.82, 2.24) is 20.1 Å². The molecule has 1 aliphatic rings. The number of hydrogen-bond acceptors (Lipinski definition) is 7. The van der Waals surface area contributed by atoms with Crippen LogP contribution in [-0.2, 0) is 4.74 Å². The second kappa shape index (κ2) is 7.18. The zero-order valence-corrected chi connectivity index (χ0v) is 15.0. The molecule has 0 saturated carbocycles. The SMILES string of the molecule is CC(C)c1nnc([C@@H]2CN(C(=O)c3cc(N(C)C)ccn3)CCO2)o1. The van der Waals surface area contributed by atoms with Gasteiger partial charge in [0, 0.05) is 38.4 Å². The largest absolute Gasteiger partial charge is 0.422 e. The highest BCUT2D eigenvalue weighted by molar-refractivity contribution is 5.93. The Morgan fingerprint density at radius 3 is 2.84 bits per heavy atom. The van der Waals surface area contributed by atoms with Crippen LogP contribution in [-0.4, -0.2) is 59.8 Å². The molecule has 134 valence electrons. The number of anilines is 1. The minimum absolute atomic E-state index is 0.124. The van der Waals surface area contributed by atoms with E-state index < -0.39 is 6.10 Å². The molecule has 2 aromatic rings. The molecular formula is C17H23N5O3. The van der Waals surface area contributed by atoms with Crippen molar-refractivity contribution in [3.63, 3.8) is 0 Å². The van der Waals surface area contributed by atoms with Gasteiger partial charge in [-0.05, 0) is 12.1 Å². The number of carbonyl (C=O) groups is 1. The summed E-state index contributed by atoms with van der Waals surface area (Å²) in [5, 5.41) is 8.09. The summed E-state index contributed by atoms with van der Waals surface area (Å²) in [5.41, 5.74) is 1.35. The third-order valence-corrected chi connectivity index (χ3v) is 4.06. The summed E-state index contributed by atoms with van der Waals surface area (Å²) in [6, 6.07) is 3.65. The first-order chi connectivity index (χ1) is 12.0. The Labute approximate surface area is 146 Å². The first-order valence-electron chi connectivity index (χ1n) is 8.33. The average molecular weight is 345 g/mol. The van der Waals surface area contributed by atoms with Gasteiger partial charge < -0.3 is 19.0 Å². The molecular weight excluding hydrogens is 322 g/mol. The molecule has 1 saturated heterocycles. The van der Waals surface area contributed by atoms with Crippen LogP contribution in [0.25, 0.3) is 0 Å². The van der Waals surface area contributed by atoms with E-state index in [9.17, 15) is 4.79 Å². The number of aromatic nitrogens is 3. The zero-order chi connectivity index (χ0) is 18.0. The predicted octanol–water partition coefficient (Wildman–Crippen LogP) is 1.87. The molecule has 1 aliphatic heterocycles. The van der Waals surface area contributed by atoms with Crippen LogP contribution in [0.2, 0.25) is 0 Å². The number of nitrogens with zero attached hydrogens (tertiary/aromatic N) is 5. The van der Waals surface area contributed by atoms with E-state index in [1.807, 2.05) is 38.9 Å². The standard InChI is InChI=1S/C17H23N5O3/c1-11(2)15-19-20-16(25-15)14-10-22(7-8-24-14)17(23)13-9-12(21(3)4)5-6-18-13/h5-6,9,11,14H,7-8,10H2,1-4H3/t14-/m0/s1. The Balaban J connectivity index is 1.74. The van der Waals surface area contributed by atoms with Gasteiger partial charge in [0.25, 0.3) is 5.91 Å². The molecule has 3 heterocycles. The molecule has 1 amide bonds.